The number of esters is 1. The monoisotopic (exact) mass is 298 g/mol. The van der Waals surface area contributed by atoms with Crippen LogP contribution in [0.25, 0.3) is 11.3 Å². The van der Waals surface area contributed by atoms with Gasteiger partial charge in [0.1, 0.15) is 17.6 Å². The molecule has 0 unspecified atom stereocenters. The minimum absolute atomic E-state index is 0.0635. The van der Waals surface area contributed by atoms with E-state index in [9.17, 15) is 4.79 Å². The molecule has 0 aromatic carbocycles. The Bertz CT molecular complexity index is 614. The highest BCUT2D eigenvalue weighted by Gasteiger charge is 2.10. The summed E-state index contributed by atoms with van der Waals surface area (Å²) in [5.41, 5.74) is 1.15. The Kier molecular flexibility index (Phi) is 4.86. The summed E-state index contributed by atoms with van der Waals surface area (Å²) in [7, 11) is 0. The molecule has 20 heavy (non-hydrogen) atoms. The van der Waals surface area contributed by atoms with Crippen molar-refractivity contribution >= 4 is 28.9 Å². The van der Waals surface area contributed by atoms with Crippen LogP contribution in [0.2, 0.25) is 5.15 Å². The largest absolute Gasteiger partial charge is 0.464 e. The van der Waals surface area contributed by atoms with E-state index in [0.717, 1.165) is 5.82 Å². The molecule has 0 aliphatic carbocycles. The average molecular weight is 299 g/mol. The lowest BCUT2D eigenvalue weighted by Crippen LogP contribution is -2.15. The van der Waals surface area contributed by atoms with Crippen molar-refractivity contribution in [2.24, 2.45) is 0 Å². The molecule has 0 aliphatic heterocycles. The van der Waals surface area contributed by atoms with Crippen LogP contribution >= 0.6 is 11.6 Å². The van der Waals surface area contributed by atoms with Crippen LogP contribution in [-0.4, -0.2) is 45.3 Å². The van der Waals surface area contributed by atoms with Crippen LogP contribution in [0.5, 0.6) is 0 Å². The van der Waals surface area contributed by atoms with Crippen LogP contribution in [0, 0.1) is 6.92 Å². The van der Waals surface area contributed by atoms with Crippen molar-refractivity contribution < 1.29 is 14.3 Å². The van der Waals surface area contributed by atoms with Crippen LogP contribution in [0.3, 0.4) is 0 Å². The van der Waals surface area contributed by atoms with E-state index >= 15 is 0 Å². The third kappa shape index (κ3) is 3.43. The molecule has 2 rings (SSSR count). The van der Waals surface area contributed by atoms with Crippen LogP contribution in [0.15, 0.2) is 6.20 Å². The number of hydrogen-bond acceptors (Lipinski definition) is 6. The van der Waals surface area contributed by atoms with Crippen LogP contribution in [0.4, 0.5) is 0 Å². The molecule has 0 saturated heterocycles. The number of fused-ring (bicyclic) bond motifs is 1. The van der Waals surface area contributed by atoms with E-state index in [-0.39, 0.29) is 12.6 Å². The molecule has 0 saturated carbocycles. The summed E-state index contributed by atoms with van der Waals surface area (Å²) in [6.07, 6.45) is 1.46. The Hall–Kier alpha value is -1.73. The summed E-state index contributed by atoms with van der Waals surface area (Å²) >= 11 is 5.83. The quantitative estimate of drug-likeness (QED) is 0.592. The SMILES string of the molecule is CCOC(=O)COCCn1c(C)nc2ncc(Cl)nc21. The molecule has 0 fully saturated rings. The van der Waals surface area contributed by atoms with Gasteiger partial charge in [-0.2, -0.15) is 0 Å². The highest BCUT2D eigenvalue weighted by atomic mass is 35.5. The lowest BCUT2D eigenvalue weighted by atomic mass is 10.5. The predicted octanol–water partition coefficient (Wildman–Crippen LogP) is 1.37. The molecule has 2 aromatic rings. The molecule has 0 bridgehead atoms. The molecule has 2 aromatic heterocycles. The maximum absolute atomic E-state index is 11.1. The van der Waals surface area contributed by atoms with Gasteiger partial charge in [0.25, 0.3) is 0 Å². The van der Waals surface area contributed by atoms with Gasteiger partial charge < -0.3 is 14.0 Å². The maximum atomic E-state index is 11.1. The minimum atomic E-state index is -0.373. The number of rotatable bonds is 6. The van der Waals surface area contributed by atoms with Gasteiger partial charge in [-0.25, -0.2) is 19.7 Å². The van der Waals surface area contributed by atoms with E-state index in [2.05, 4.69) is 15.0 Å². The highest BCUT2D eigenvalue weighted by molar-refractivity contribution is 6.29. The molecule has 0 atom stereocenters. The fraction of sp³-hybridized carbons (Fsp3) is 0.500. The first-order chi connectivity index (χ1) is 9.61. The van der Waals surface area contributed by atoms with Gasteiger partial charge in [-0.15, -0.1) is 0 Å². The van der Waals surface area contributed by atoms with Gasteiger partial charge in [-0.05, 0) is 13.8 Å². The number of nitrogens with zero attached hydrogens (tertiary/aromatic N) is 4. The molecule has 0 spiro atoms. The van der Waals surface area contributed by atoms with Gasteiger partial charge in [0.2, 0.25) is 0 Å². The molecule has 0 amide bonds. The van der Waals surface area contributed by atoms with Crippen molar-refractivity contribution in [3.8, 4) is 0 Å². The molecular weight excluding hydrogens is 284 g/mol. The van der Waals surface area contributed by atoms with Gasteiger partial charge in [0, 0.05) is 6.54 Å². The molecule has 8 heteroatoms. The first kappa shape index (κ1) is 14.7. The maximum Gasteiger partial charge on any atom is 0.332 e. The Morgan fingerprint density at radius 3 is 3.00 bits per heavy atom. The third-order valence-corrected chi connectivity index (χ3v) is 2.79. The molecule has 0 radical (unpaired) electrons. The van der Waals surface area contributed by atoms with E-state index in [1.165, 1.54) is 6.20 Å². The number of carbonyl (C=O) groups excluding carboxylic acids is 1. The van der Waals surface area contributed by atoms with E-state index in [1.54, 1.807) is 6.92 Å². The third-order valence-electron chi connectivity index (χ3n) is 2.60. The standard InChI is InChI=1S/C12H15ClN4O3/c1-3-20-10(18)7-19-5-4-17-8(2)15-11-12(17)16-9(13)6-14-11/h6H,3-5,7H2,1-2H3. The number of imidazole rings is 1. The van der Waals surface area contributed by atoms with Gasteiger partial charge in [-0.1, -0.05) is 11.6 Å². The Balaban J connectivity index is 1.97. The Morgan fingerprint density at radius 1 is 1.45 bits per heavy atom. The number of aryl methyl sites for hydroxylation is 1. The van der Waals surface area contributed by atoms with Crippen molar-refractivity contribution in [1.29, 1.82) is 0 Å². The number of carbonyl (C=O) groups is 1. The second-order valence-corrected chi connectivity index (χ2v) is 4.40. The number of halogens is 1. The van der Waals surface area contributed by atoms with Crippen molar-refractivity contribution in [1.82, 2.24) is 19.5 Å². The van der Waals surface area contributed by atoms with E-state index in [1.807, 2.05) is 11.5 Å². The molecule has 108 valence electrons. The number of hydrogen-bond donors (Lipinski definition) is 0. The summed E-state index contributed by atoms with van der Waals surface area (Å²) in [4.78, 5) is 23.7. The second-order valence-electron chi connectivity index (χ2n) is 4.01. The van der Waals surface area contributed by atoms with Crippen molar-refractivity contribution in [3.05, 3.63) is 17.2 Å². The topological polar surface area (TPSA) is 79.1 Å². The molecule has 7 nitrogen and oxygen atoms in total. The van der Waals surface area contributed by atoms with E-state index in [0.29, 0.717) is 36.2 Å². The van der Waals surface area contributed by atoms with E-state index in [4.69, 9.17) is 21.1 Å². The number of aromatic nitrogens is 4. The first-order valence-corrected chi connectivity index (χ1v) is 6.58. The van der Waals surface area contributed by atoms with Gasteiger partial charge in [0.15, 0.2) is 11.3 Å². The predicted molar refractivity (Wildman–Crippen MR) is 72.5 cm³/mol. The fourth-order valence-electron chi connectivity index (χ4n) is 1.76. The Morgan fingerprint density at radius 2 is 2.25 bits per heavy atom. The summed E-state index contributed by atoms with van der Waals surface area (Å²) in [6.45, 7) is 4.74. The fourth-order valence-corrected chi connectivity index (χ4v) is 1.89. The summed E-state index contributed by atoms with van der Waals surface area (Å²) in [5, 5.41) is 0.311. The molecule has 0 N–H and O–H groups in total. The normalized spacial score (nSPS) is 10.9. The zero-order chi connectivity index (χ0) is 14.5. The van der Waals surface area contributed by atoms with Crippen molar-refractivity contribution in [3.63, 3.8) is 0 Å². The summed E-state index contributed by atoms with van der Waals surface area (Å²) < 4.78 is 11.9. The van der Waals surface area contributed by atoms with Crippen molar-refractivity contribution in [2.75, 3.05) is 19.8 Å². The smallest absolute Gasteiger partial charge is 0.332 e. The second kappa shape index (κ2) is 6.62. The summed E-state index contributed by atoms with van der Waals surface area (Å²) in [6, 6.07) is 0. The lowest BCUT2D eigenvalue weighted by molar-refractivity contribution is -0.148. The van der Waals surface area contributed by atoms with Crippen LogP contribution < -0.4 is 0 Å². The van der Waals surface area contributed by atoms with Crippen LogP contribution in [-0.2, 0) is 20.8 Å². The lowest BCUT2D eigenvalue weighted by Gasteiger charge is -2.07. The van der Waals surface area contributed by atoms with E-state index < -0.39 is 0 Å². The van der Waals surface area contributed by atoms with Crippen LogP contribution in [0.1, 0.15) is 12.7 Å². The van der Waals surface area contributed by atoms with Gasteiger partial charge in [0.05, 0.1) is 19.4 Å². The first-order valence-electron chi connectivity index (χ1n) is 6.20. The zero-order valence-corrected chi connectivity index (χ0v) is 12.1. The minimum Gasteiger partial charge on any atom is -0.464 e. The summed E-state index contributed by atoms with van der Waals surface area (Å²) in [5.74, 6) is 0.393. The molecule has 0 aliphatic rings. The van der Waals surface area contributed by atoms with Gasteiger partial charge >= 0.3 is 5.97 Å². The molecular formula is C12H15ClN4O3. The average Bonchev–Trinajstić information content (AvgIpc) is 2.71. The van der Waals surface area contributed by atoms with Gasteiger partial charge in [-0.3, -0.25) is 0 Å². The number of ether oxygens (including phenoxy) is 2. The zero-order valence-electron chi connectivity index (χ0n) is 11.3. The Labute approximate surface area is 120 Å². The van der Waals surface area contributed by atoms with Crippen molar-refractivity contribution in [2.45, 2.75) is 20.4 Å². The highest BCUT2D eigenvalue weighted by Crippen LogP contribution is 2.14. The molecule has 2 heterocycles.